The molecule has 2 nitrogen and oxygen atoms in total. The number of rotatable bonds is 9. The summed E-state index contributed by atoms with van der Waals surface area (Å²) >= 11 is 0. The minimum atomic E-state index is -0.613. The van der Waals surface area contributed by atoms with Crippen LogP contribution in [0.5, 0.6) is 0 Å². The van der Waals surface area contributed by atoms with Gasteiger partial charge in [0.2, 0.25) is 0 Å². The Kier molecular flexibility index (Phi) is 9.09. The van der Waals surface area contributed by atoms with Crippen molar-refractivity contribution in [1.82, 2.24) is 0 Å². The molecule has 0 bridgehead atoms. The minimum absolute atomic E-state index is 0.613. The lowest BCUT2D eigenvalue weighted by molar-refractivity contribution is 0.769. The molecule has 10 aromatic rings. The average Bonchev–Trinajstić information content (AvgIpc) is 3.64. The summed E-state index contributed by atoms with van der Waals surface area (Å²) in [5.74, 6) is 0. The van der Waals surface area contributed by atoms with E-state index in [2.05, 4.69) is 265 Å². The molecule has 0 atom stereocenters. The molecule has 0 saturated heterocycles. The highest BCUT2D eigenvalue weighted by molar-refractivity contribution is 6.10. The number of para-hydroxylation sites is 4. The molecule has 1 aliphatic carbocycles. The second-order valence-corrected chi connectivity index (χ2v) is 15.7. The van der Waals surface area contributed by atoms with Gasteiger partial charge in [0.1, 0.15) is 0 Å². The summed E-state index contributed by atoms with van der Waals surface area (Å²) in [6.07, 6.45) is 0. The van der Waals surface area contributed by atoms with Crippen molar-refractivity contribution < 1.29 is 0 Å². The van der Waals surface area contributed by atoms with Gasteiger partial charge in [0, 0.05) is 34.1 Å². The molecule has 0 aromatic heterocycles. The van der Waals surface area contributed by atoms with E-state index < -0.39 is 5.41 Å². The first-order valence-corrected chi connectivity index (χ1v) is 21.0. The van der Waals surface area contributed by atoms with E-state index in [1.54, 1.807) is 0 Å². The van der Waals surface area contributed by atoms with Gasteiger partial charge in [-0.3, -0.25) is 0 Å². The summed E-state index contributed by atoms with van der Waals surface area (Å²) in [5, 5.41) is 2.49. The summed E-state index contributed by atoms with van der Waals surface area (Å²) < 4.78 is 0. The topological polar surface area (TPSA) is 6.48 Å². The minimum Gasteiger partial charge on any atom is -0.311 e. The van der Waals surface area contributed by atoms with Gasteiger partial charge >= 0.3 is 0 Å². The lowest BCUT2D eigenvalue weighted by Gasteiger charge is -2.35. The fourth-order valence-corrected chi connectivity index (χ4v) is 9.70. The fourth-order valence-electron chi connectivity index (χ4n) is 9.70. The molecule has 1 aliphatic rings. The number of hydrogen-bond donors (Lipinski definition) is 0. The molecule has 0 unspecified atom stereocenters. The molecule has 11 rings (SSSR count). The third kappa shape index (κ3) is 6.12. The Labute approximate surface area is 357 Å². The fraction of sp³-hybridized carbons (Fsp3) is 0.0169. The second-order valence-electron chi connectivity index (χ2n) is 15.7. The summed E-state index contributed by atoms with van der Waals surface area (Å²) in [4.78, 5) is 4.70. The van der Waals surface area contributed by atoms with Crippen molar-refractivity contribution in [3.05, 3.63) is 277 Å². The number of benzene rings is 10. The summed E-state index contributed by atoms with van der Waals surface area (Å²) in [6.45, 7) is 0. The Hall–Kier alpha value is -7.94. The van der Waals surface area contributed by atoms with Crippen molar-refractivity contribution >= 4 is 44.9 Å². The van der Waals surface area contributed by atoms with Gasteiger partial charge in [0.25, 0.3) is 0 Å². The maximum absolute atomic E-state index is 2.50. The maximum atomic E-state index is 2.50. The molecule has 0 radical (unpaired) electrons. The summed E-state index contributed by atoms with van der Waals surface area (Å²) in [5.41, 5.74) is 16.0. The largest absolute Gasteiger partial charge is 0.311 e. The first-order chi connectivity index (χ1) is 30.3. The highest BCUT2D eigenvalue weighted by Crippen LogP contribution is 2.60. The Morgan fingerprint density at radius 2 is 0.639 bits per heavy atom. The predicted octanol–water partition coefficient (Wildman–Crippen LogP) is 15.8. The van der Waals surface area contributed by atoms with Gasteiger partial charge in [0.05, 0.1) is 5.41 Å². The van der Waals surface area contributed by atoms with Crippen molar-refractivity contribution in [3.63, 3.8) is 0 Å². The normalized spacial score (nSPS) is 12.4. The zero-order valence-electron chi connectivity index (χ0n) is 33.6. The van der Waals surface area contributed by atoms with Crippen molar-refractivity contribution in [2.24, 2.45) is 0 Å². The van der Waals surface area contributed by atoms with Crippen molar-refractivity contribution in [2.45, 2.75) is 5.41 Å². The molecular formula is C59H42N2. The number of fused-ring (bicyclic) bond motifs is 5. The second kappa shape index (κ2) is 15.3. The van der Waals surface area contributed by atoms with Gasteiger partial charge < -0.3 is 9.80 Å². The standard InChI is InChI=1S/C59H42N2/c1-7-21-44(22-8-1)59(45-23-9-2-10-24-45)56-41-51(61(48-29-15-5-16-30-48)49-31-17-6-18-32-49)39-40-54(56)58-53-34-20-19-33-52(53)55(42-57(58)59)43-35-37-50(38-36-43)60(46-25-11-3-12-26-46)47-27-13-4-14-28-47/h1-42H. The van der Waals surface area contributed by atoms with E-state index in [9.17, 15) is 0 Å². The zero-order chi connectivity index (χ0) is 40.6. The number of nitrogens with zero attached hydrogens (tertiary/aromatic N) is 2. The van der Waals surface area contributed by atoms with Crippen molar-refractivity contribution in [2.75, 3.05) is 9.80 Å². The zero-order valence-corrected chi connectivity index (χ0v) is 33.6. The van der Waals surface area contributed by atoms with Gasteiger partial charge in [0.15, 0.2) is 0 Å². The van der Waals surface area contributed by atoms with E-state index in [0.29, 0.717) is 0 Å². The average molecular weight is 779 g/mol. The van der Waals surface area contributed by atoms with E-state index in [1.807, 2.05) is 0 Å². The van der Waals surface area contributed by atoms with Gasteiger partial charge in [-0.2, -0.15) is 0 Å². The molecule has 0 N–H and O–H groups in total. The highest BCUT2D eigenvalue weighted by Gasteiger charge is 2.47. The summed E-state index contributed by atoms with van der Waals surface area (Å²) in [6, 6.07) is 92.7. The third-order valence-electron chi connectivity index (χ3n) is 12.3. The van der Waals surface area contributed by atoms with Crippen LogP contribution in [0.3, 0.4) is 0 Å². The smallest absolute Gasteiger partial charge is 0.0714 e. The molecule has 10 aromatic carbocycles. The molecule has 288 valence electrons. The Balaban J connectivity index is 1.16. The van der Waals surface area contributed by atoms with Crippen LogP contribution in [0.4, 0.5) is 34.1 Å². The molecule has 0 amide bonds. The van der Waals surface area contributed by atoms with Crippen LogP contribution in [-0.2, 0) is 5.41 Å². The molecule has 0 spiro atoms. The van der Waals surface area contributed by atoms with Gasteiger partial charge in [-0.05, 0) is 134 Å². The first kappa shape index (κ1) is 36.2. The van der Waals surface area contributed by atoms with E-state index >= 15 is 0 Å². The molecule has 2 heteroatoms. The van der Waals surface area contributed by atoms with E-state index in [0.717, 1.165) is 34.1 Å². The van der Waals surface area contributed by atoms with Crippen LogP contribution in [0.1, 0.15) is 22.3 Å². The van der Waals surface area contributed by atoms with Gasteiger partial charge in [-0.15, -0.1) is 0 Å². The Bertz CT molecular complexity index is 2980. The first-order valence-electron chi connectivity index (χ1n) is 21.0. The number of hydrogen-bond acceptors (Lipinski definition) is 2. The molecule has 0 heterocycles. The van der Waals surface area contributed by atoms with E-state index in [4.69, 9.17) is 0 Å². The highest BCUT2D eigenvalue weighted by atomic mass is 15.1. The molecule has 0 aliphatic heterocycles. The quantitative estimate of drug-likeness (QED) is 0.144. The van der Waals surface area contributed by atoms with E-state index in [-0.39, 0.29) is 0 Å². The Morgan fingerprint density at radius 3 is 1.11 bits per heavy atom. The van der Waals surface area contributed by atoms with Gasteiger partial charge in [-0.25, -0.2) is 0 Å². The molecule has 0 saturated carbocycles. The molecule has 61 heavy (non-hydrogen) atoms. The predicted molar refractivity (Wildman–Crippen MR) is 256 cm³/mol. The van der Waals surface area contributed by atoms with Crippen LogP contribution in [0.2, 0.25) is 0 Å². The number of anilines is 6. The van der Waals surface area contributed by atoms with E-state index in [1.165, 1.54) is 55.3 Å². The molecule has 0 fully saturated rings. The van der Waals surface area contributed by atoms with Crippen LogP contribution >= 0.6 is 0 Å². The monoisotopic (exact) mass is 778 g/mol. The van der Waals surface area contributed by atoms with Gasteiger partial charge in [-0.1, -0.05) is 176 Å². The van der Waals surface area contributed by atoms with Crippen LogP contribution in [-0.4, -0.2) is 0 Å². The van der Waals surface area contributed by atoms with Crippen LogP contribution in [0.15, 0.2) is 255 Å². The lowest BCUT2D eigenvalue weighted by Crippen LogP contribution is -2.29. The van der Waals surface area contributed by atoms with Crippen molar-refractivity contribution in [3.8, 4) is 22.3 Å². The van der Waals surface area contributed by atoms with Crippen LogP contribution in [0.25, 0.3) is 33.0 Å². The van der Waals surface area contributed by atoms with Crippen LogP contribution in [0, 0.1) is 0 Å². The van der Waals surface area contributed by atoms with Crippen LogP contribution < -0.4 is 9.80 Å². The Morgan fingerprint density at radius 1 is 0.262 bits per heavy atom. The SMILES string of the molecule is c1ccc(N(c2ccccc2)c2ccc(-c3cc4c(c5ccccc35)-c3ccc(N(c5ccccc5)c5ccccc5)cc3C4(c3ccccc3)c3ccccc3)cc2)cc1. The van der Waals surface area contributed by atoms with Crippen molar-refractivity contribution in [1.29, 1.82) is 0 Å². The third-order valence-corrected chi connectivity index (χ3v) is 12.3. The molecular weight excluding hydrogens is 737 g/mol. The lowest BCUT2D eigenvalue weighted by atomic mass is 9.67. The maximum Gasteiger partial charge on any atom is 0.0714 e. The summed E-state index contributed by atoms with van der Waals surface area (Å²) in [7, 11) is 0.